The lowest BCUT2D eigenvalue weighted by Gasteiger charge is -2.29. The molecule has 0 aromatic heterocycles. The van der Waals surface area contributed by atoms with Crippen LogP contribution in [0.4, 0.5) is 0 Å². The molecule has 0 bridgehead atoms. The van der Waals surface area contributed by atoms with E-state index in [0.717, 1.165) is 5.92 Å². The lowest BCUT2D eigenvalue weighted by molar-refractivity contribution is 0.269. The molecule has 0 radical (unpaired) electrons. The van der Waals surface area contributed by atoms with Crippen LogP contribution < -0.4 is 10.6 Å². The molecule has 54 valence electrons. The smallest absolute Gasteiger partial charge is 0.0595 e. The standard InChI is InChI=1S/C7H16N2/c1-6-4-3-5-9-7(6)8-2/h6-9H,3-5H2,1-2H3/t6-,7+/m0/s1. The first-order valence-electron chi connectivity index (χ1n) is 3.75. The molecule has 2 nitrogen and oxygen atoms in total. The van der Waals surface area contributed by atoms with Gasteiger partial charge in [0.25, 0.3) is 0 Å². The van der Waals surface area contributed by atoms with Crippen LogP contribution in [0.2, 0.25) is 0 Å². The summed E-state index contributed by atoms with van der Waals surface area (Å²) in [6.45, 7) is 3.46. The summed E-state index contributed by atoms with van der Waals surface area (Å²) in [5.74, 6) is 0.795. The van der Waals surface area contributed by atoms with Crippen LogP contribution in [0, 0.1) is 5.92 Å². The molecular formula is C7H16N2. The fourth-order valence-electron chi connectivity index (χ4n) is 1.44. The highest BCUT2D eigenvalue weighted by Gasteiger charge is 2.17. The molecule has 9 heavy (non-hydrogen) atoms. The zero-order valence-corrected chi connectivity index (χ0v) is 6.28. The van der Waals surface area contributed by atoms with Gasteiger partial charge in [0.05, 0.1) is 6.17 Å². The largest absolute Gasteiger partial charge is 0.305 e. The summed E-state index contributed by atoms with van der Waals surface area (Å²) < 4.78 is 0. The first-order chi connectivity index (χ1) is 4.34. The van der Waals surface area contributed by atoms with Crippen molar-refractivity contribution in [2.24, 2.45) is 5.92 Å². The minimum atomic E-state index is 0.554. The first kappa shape index (κ1) is 7.03. The Labute approximate surface area is 57.0 Å². The van der Waals surface area contributed by atoms with Crippen LogP contribution in [0.3, 0.4) is 0 Å². The van der Waals surface area contributed by atoms with Gasteiger partial charge < -0.3 is 10.6 Å². The third-order valence-electron chi connectivity index (χ3n) is 2.08. The maximum Gasteiger partial charge on any atom is 0.0595 e. The first-order valence-corrected chi connectivity index (χ1v) is 3.75. The molecule has 0 amide bonds. The molecule has 1 aliphatic heterocycles. The average molecular weight is 128 g/mol. The molecule has 1 aliphatic rings. The zero-order valence-electron chi connectivity index (χ0n) is 6.28. The number of nitrogens with one attached hydrogen (secondary N) is 2. The second kappa shape index (κ2) is 3.18. The summed E-state index contributed by atoms with van der Waals surface area (Å²) in [7, 11) is 2.01. The average Bonchev–Trinajstić information content (AvgIpc) is 1.89. The molecule has 0 aliphatic carbocycles. The van der Waals surface area contributed by atoms with Gasteiger partial charge in [0.15, 0.2) is 0 Å². The molecule has 2 heteroatoms. The van der Waals surface area contributed by atoms with Gasteiger partial charge in [-0.05, 0) is 32.4 Å². The highest BCUT2D eigenvalue weighted by atomic mass is 15.1. The molecule has 1 rings (SSSR count). The Kier molecular flexibility index (Phi) is 2.49. The summed E-state index contributed by atoms with van der Waals surface area (Å²) in [6, 6.07) is 0. The van der Waals surface area contributed by atoms with Gasteiger partial charge in [-0.3, -0.25) is 0 Å². The molecule has 2 N–H and O–H groups in total. The van der Waals surface area contributed by atoms with Gasteiger partial charge in [-0.1, -0.05) is 6.92 Å². The van der Waals surface area contributed by atoms with E-state index in [9.17, 15) is 0 Å². The van der Waals surface area contributed by atoms with Gasteiger partial charge in [-0.2, -0.15) is 0 Å². The summed E-state index contributed by atoms with van der Waals surface area (Å²) >= 11 is 0. The summed E-state index contributed by atoms with van der Waals surface area (Å²) in [4.78, 5) is 0. The number of rotatable bonds is 1. The highest BCUT2D eigenvalue weighted by Crippen LogP contribution is 2.12. The molecule has 2 atom stereocenters. The maximum absolute atomic E-state index is 3.41. The Balaban J connectivity index is 2.30. The summed E-state index contributed by atoms with van der Waals surface area (Å²) in [5.41, 5.74) is 0. The number of piperidine rings is 1. The van der Waals surface area contributed by atoms with E-state index in [-0.39, 0.29) is 0 Å². The molecule has 1 fully saturated rings. The van der Waals surface area contributed by atoms with Crippen molar-refractivity contribution in [2.45, 2.75) is 25.9 Å². The van der Waals surface area contributed by atoms with E-state index < -0.39 is 0 Å². The van der Waals surface area contributed by atoms with Gasteiger partial charge in [0, 0.05) is 0 Å². The molecule has 0 spiro atoms. The molecule has 0 aromatic carbocycles. The van der Waals surface area contributed by atoms with Crippen LogP contribution in [0.25, 0.3) is 0 Å². The normalized spacial score (nSPS) is 36.7. The van der Waals surface area contributed by atoms with Crippen molar-refractivity contribution >= 4 is 0 Å². The molecule has 1 heterocycles. The lowest BCUT2D eigenvalue weighted by atomic mass is 9.98. The number of hydrogen-bond acceptors (Lipinski definition) is 2. The van der Waals surface area contributed by atoms with Gasteiger partial charge in [-0.25, -0.2) is 0 Å². The van der Waals surface area contributed by atoms with Crippen molar-refractivity contribution in [3.63, 3.8) is 0 Å². The van der Waals surface area contributed by atoms with Crippen LogP contribution in [0.1, 0.15) is 19.8 Å². The van der Waals surface area contributed by atoms with E-state index in [4.69, 9.17) is 0 Å². The highest BCUT2D eigenvalue weighted by molar-refractivity contribution is 4.74. The van der Waals surface area contributed by atoms with Gasteiger partial charge >= 0.3 is 0 Å². The van der Waals surface area contributed by atoms with E-state index in [1.165, 1.54) is 19.4 Å². The fourth-order valence-corrected chi connectivity index (χ4v) is 1.44. The third kappa shape index (κ3) is 1.66. The summed E-state index contributed by atoms with van der Waals surface area (Å²) in [6.07, 6.45) is 3.25. The lowest BCUT2D eigenvalue weighted by Crippen LogP contribution is -2.48. The van der Waals surface area contributed by atoms with Crippen molar-refractivity contribution < 1.29 is 0 Å². The Morgan fingerprint density at radius 3 is 2.78 bits per heavy atom. The van der Waals surface area contributed by atoms with Gasteiger partial charge in [-0.15, -0.1) is 0 Å². The molecule has 0 saturated carbocycles. The Bertz CT molecular complexity index is 83.0. The quantitative estimate of drug-likeness (QED) is 0.539. The maximum atomic E-state index is 3.41. The molecule has 0 unspecified atom stereocenters. The van der Waals surface area contributed by atoms with Crippen LogP contribution in [0.15, 0.2) is 0 Å². The van der Waals surface area contributed by atoms with Gasteiger partial charge in [0.2, 0.25) is 0 Å². The Morgan fingerprint density at radius 2 is 2.33 bits per heavy atom. The van der Waals surface area contributed by atoms with Crippen molar-refractivity contribution in [2.75, 3.05) is 13.6 Å². The van der Waals surface area contributed by atoms with E-state index in [1.54, 1.807) is 0 Å². The molecular weight excluding hydrogens is 112 g/mol. The van der Waals surface area contributed by atoms with Crippen LogP contribution >= 0.6 is 0 Å². The zero-order chi connectivity index (χ0) is 6.69. The topological polar surface area (TPSA) is 24.1 Å². The van der Waals surface area contributed by atoms with E-state index in [1.807, 2.05) is 7.05 Å². The Hall–Kier alpha value is -0.0800. The van der Waals surface area contributed by atoms with Crippen molar-refractivity contribution in [1.29, 1.82) is 0 Å². The summed E-state index contributed by atoms with van der Waals surface area (Å²) in [5, 5.41) is 6.65. The van der Waals surface area contributed by atoms with Crippen LogP contribution in [0.5, 0.6) is 0 Å². The SMILES string of the molecule is CN[C@@H]1NCCC[C@@H]1C. The van der Waals surface area contributed by atoms with Crippen molar-refractivity contribution in [3.05, 3.63) is 0 Å². The molecule has 1 saturated heterocycles. The fraction of sp³-hybridized carbons (Fsp3) is 1.00. The van der Waals surface area contributed by atoms with Crippen molar-refractivity contribution in [3.8, 4) is 0 Å². The predicted molar refractivity (Wildman–Crippen MR) is 39.2 cm³/mol. The minimum Gasteiger partial charge on any atom is -0.305 e. The van der Waals surface area contributed by atoms with E-state index >= 15 is 0 Å². The second-order valence-electron chi connectivity index (χ2n) is 2.84. The second-order valence-corrected chi connectivity index (χ2v) is 2.84. The predicted octanol–water partition coefficient (Wildman–Crippen LogP) is 0.551. The minimum absolute atomic E-state index is 0.554. The van der Waals surface area contributed by atoms with Crippen LogP contribution in [-0.4, -0.2) is 19.8 Å². The number of hydrogen-bond donors (Lipinski definition) is 2. The van der Waals surface area contributed by atoms with Gasteiger partial charge in [0.1, 0.15) is 0 Å². The monoisotopic (exact) mass is 128 g/mol. The third-order valence-corrected chi connectivity index (χ3v) is 2.08. The van der Waals surface area contributed by atoms with Crippen LogP contribution in [-0.2, 0) is 0 Å². The molecule has 0 aromatic rings. The van der Waals surface area contributed by atoms with Crippen molar-refractivity contribution in [1.82, 2.24) is 10.6 Å². The van der Waals surface area contributed by atoms with E-state index in [2.05, 4.69) is 17.6 Å². The van der Waals surface area contributed by atoms with E-state index in [0.29, 0.717) is 6.17 Å². The Morgan fingerprint density at radius 1 is 1.56 bits per heavy atom.